The third kappa shape index (κ3) is 3.32. The molecule has 5 heteroatoms. The van der Waals surface area contributed by atoms with Crippen molar-refractivity contribution in [3.8, 4) is 0 Å². The summed E-state index contributed by atoms with van der Waals surface area (Å²) in [6.45, 7) is 5.99. The van der Waals surface area contributed by atoms with Crippen LogP contribution in [-0.4, -0.2) is 22.5 Å². The molecule has 0 saturated carbocycles. The highest BCUT2D eigenvalue weighted by Gasteiger charge is 2.09. The molecular formula is C15H17N3O2. The average Bonchev–Trinajstić information content (AvgIpc) is 2.41. The van der Waals surface area contributed by atoms with Crippen LogP contribution >= 0.6 is 0 Å². The second kappa shape index (κ2) is 6.14. The van der Waals surface area contributed by atoms with Crippen LogP contribution in [0.25, 0.3) is 0 Å². The maximum atomic E-state index is 11.7. The molecule has 1 N–H and O–H groups in total. The molecule has 2 aromatic rings. The van der Waals surface area contributed by atoms with Crippen LogP contribution in [0.1, 0.15) is 28.5 Å². The van der Waals surface area contributed by atoms with Crippen LogP contribution < -0.4 is 5.32 Å². The molecule has 0 radical (unpaired) electrons. The SMILES string of the molecule is CCOC(=O)c1ccc(C)c(Nc2nccc(C)n2)c1. The minimum absolute atomic E-state index is 0.333. The lowest BCUT2D eigenvalue weighted by molar-refractivity contribution is 0.0526. The number of nitrogens with one attached hydrogen (secondary N) is 1. The molecule has 1 heterocycles. The van der Waals surface area contributed by atoms with Crippen molar-refractivity contribution in [1.29, 1.82) is 0 Å². The number of anilines is 2. The van der Waals surface area contributed by atoms with Crippen LogP contribution in [0.3, 0.4) is 0 Å². The molecule has 20 heavy (non-hydrogen) atoms. The van der Waals surface area contributed by atoms with Gasteiger partial charge in [-0.1, -0.05) is 6.07 Å². The van der Waals surface area contributed by atoms with E-state index in [0.29, 0.717) is 18.1 Å². The van der Waals surface area contributed by atoms with Gasteiger partial charge in [-0.2, -0.15) is 0 Å². The van der Waals surface area contributed by atoms with E-state index >= 15 is 0 Å². The quantitative estimate of drug-likeness (QED) is 0.866. The summed E-state index contributed by atoms with van der Waals surface area (Å²) in [6, 6.07) is 7.19. The van der Waals surface area contributed by atoms with Gasteiger partial charge in [0, 0.05) is 17.6 Å². The monoisotopic (exact) mass is 271 g/mol. The predicted molar refractivity (Wildman–Crippen MR) is 77.2 cm³/mol. The van der Waals surface area contributed by atoms with Crippen molar-refractivity contribution in [2.24, 2.45) is 0 Å². The third-order valence-corrected chi connectivity index (χ3v) is 2.79. The number of ether oxygens (including phenoxy) is 1. The van der Waals surface area contributed by atoms with E-state index in [4.69, 9.17) is 4.74 Å². The van der Waals surface area contributed by atoms with Crippen molar-refractivity contribution < 1.29 is 9.53 Å². The second-order valence-corrected chi connectivity index (χ2v) is 4.40. The zero-order valence-electron chi connectivity index (χ0n) is 11.8. The van der Waals surface area contributed by atoms with Gasteiger partial charge in [0.25, 0.3) is 0 Å². The molecule has 0 saturated heterocycles. The molecule has 0 bridgehead atoms. The molecule has 0 aliphatic carbocycles. The fourth-order valence-electron chi connectivity index (χ4n) is 1.73. The van der Waals surface area contributed by atoms with Gasteiger partial charge in [-0.15, -0.1) is 0 Å². The summed E-state index contributed by atoms with van der Waals surface area (Å²) in [6.07, 6.45) is 1.69. The Bertz CT molecular complexity index is 626. The summed E-state index contributed by atoms with van der Waals surface area (Å²) < 4.78 is 4.99. The minimum atomic E-state index is -0.333. The predicted octanol–water partition coefficient (Wildman–Crippen LogP) is 3.01. The number of carbonyl (C=O) groups excluding carboxylic acids is 1. The smallest absolute Gasteiger partial charge is 0.338 e. The summed E-state index contributed by atoms with van der Waals surface area (Å²) in [5, 5.41) is 3.12. The standard InChI is InChI=1S/C15H17N3O2/c1-4-20-14(19)12-6-5-10(2)13(9-12)18-15-16-8-7-11(3)17-15/h5-9H,4H2,1-3H3,(H,16,17,18). The van der Waals surface area contributed by atoms with Gasteiger partial charge in [0.1, 0.15) is 0 Å². The lowest BCUT2D eigenvalue weighted by Gasteiger charge is -2.10. The normalized spacial score (nSPS) is 10.2. The number of nitrogens with zero attached hydrogens (tertiary/aromatic N) is 2. The molecule has 1 aromatic heterocycles. The highest BCUT2D eigenvalue weighted by molar-refractivity contribution is 5.91. The van der Waals surface area contributed by atoms with E-state index < -0.39 is 0 Å². The van der Waals surface area contributed by atoms with Crippen LogP contribution in [0.2, 0.25) is 0 Å². The summed E-state index contributed by atoms with van der Waals surface area (Å²) in [5.41, 5.74) is 3.18. The largest absolute Gasteiger partial charge is 0.462 e. The van der Waals surface area contributed by atoms with Crippen molar-refractivity contribution in [2.75, 3.05) is 11.9 Å². The molecule has 0 unspecified atom stereocenters. The van der Waals surface area contributed by atoms with Crippen molar-refractivity contribution in [3.63, 3.8) is 0 Å². The van der Waals surface area contributed by atoms with Crippen LogP contribution in [-0.2, 0) is 4.74 Å². The van der Waals surface area contributed by atoms with Gasteiger partial charge in [0.15, 0.2) is 0 Å². The van der Waals surface area contributed by atoms with Crippen molar-refractivity contribution in [3.05, 3.63) is 47.3 Å². The number of aryl methyl sites for hydroxylation is 2. The van der Waals surface area contributed by atoms with Gasteiger partial charge in [-0.25, -0.2) is 14.8 Å². The van der Waals surface area contributed by atoms with Gasteiger partial charge in [-0.3, -0.25) is 0 Å². The van der Waals surface area contributed by atoms with Gasteiger partial charge in [-0.05, 0) is 44.5 Å². The molecule has 0 atom stereocenters. The number of benzene rings is 1. The highest BCUT2D eigenvalue weighted by atomic mass is 16.5. The van der Waals surface area contributed by atoms with E-state index in [1.54, 1.807) is 25.3 Å². The van der Waals surface area contributed by atoms with Crippen LogP contribution in [0.4, 0.5) is 11.6 Å². The summed E-state index contributed by atoms with van der Waals surface area (Å²) in [7, 11) is 0. The van der Waals surface area contributed by atoms with E-state index in [9.17, 15) is 4.79 Å². The number of hydrogen-bond donors (Lipinski definition) is 1. The van der Waals surface area contributed by atoms with E-state index in [-0.39, 0.29) is 5.97 Å². The number of carbonyl (C=O) groups is 1. The van der Waals surface area contributed by atoms with Crippen LogP contribution in [0.5, 0.6) is 0 Å². The maximum Gasteiger partial charge on any atom is 0.338 e. The Morgan fingerprint density at radius 1 is 1.30 bits per heavy atom. The number of hydrogen-bond acceptors (Lipinski definition) is 5. The van der Waals surface area contributed by atoms with Crippen molar-refractivity contribution >= 4 is 17.6 Å². The maximum absolute atomic E-state index is 11.7. The Morgan fingerprint density at radius 3 is 2.80 bits per heavy atom. The molecule has 1 aromatic carbocycles. The molecule has 5 nitrogen and oxygen atoms in total. The first-order chi connectivity index (χ1) is 9.60. The molecule has 2 rings (SSSR count). The lowest BCUT2D eigenvalue weighted by atomic mass is 10.1. The summed E-state index contributed by atoms with van der Waals surface area (Å²) in [5.74, 6) is 0.176. The van der Waals surface area contributed by atoms with Gasteiger partial charge < -0.3 is 10.1 Å². The van der Waals surface area contributed by atoms with Crippen molar-refractivity contribution in [2.45, 2.75) is 20.8 Å². The zero-order chi connectivity index (χ0) is 14.5. The Kier molecular flexibility index (Phi) is 4.30. The molecule has 0 aliphatic heterocycles. The minimum Gasteiger partial charge on any atom is -0.462 e. The van der Waals surface area contributed by atoms with Crippen LogP contribution in [0.15, 0.2) is 30.5 Å². The van der Waals surface area contributed by atoms with Crippen molar-refractivity contribution in [1.82, 2.24) is 9.97 Å². The topological polar surface area (TPSA) is 64.1 Å². The first-order valence-corrected chi connectivity index (χ1v) is 6.44. The Morgan fingerprint density at radius 2 is 2.10 bits per heavy atom. The molecule has 0 aliphatic rings. The fourth-order valence-corrected chi connectivity index (χ4v) is 1.73. The summed E-state index contributed by atoms with van der Waals surface area (Å²) >= 11 is 0. The van der Waals surface area contributed by atoms with Gasteiger partial charge >= 0.3 is 5.97 Å². The number of aromatic nitrogens is 2. The third-order valence-electron chi connectivity index (χ3n) is 2.79. The first kappa shape index (κ1) is 14.0. The second-order valence-electron chi connectivity index (χ2n) is 4.40. The average molecular weight is 271 g/mol. The van der Waals surface area contributed by atoms with E-state index in [1.165, 1.54) is 0 Å². The Balaban J connectivity index is 2.27. The zero-order valence-corrected chi connectivity index (χ0v) is 11.8. The summed E-state index contributed by atoms with van der Waals surface area (Å²) in [4.78, 5) is 20.2. The number of esters is 1. The molecular weight excluding hydrogens is 254 g/mol. The van der Waals surface area contributed by atoms with E-state index in [2.05, 4.69) is 15.3 Å². The van der Waals surface area contributed by atoms with E-state index in [1.807, 2.05) is 26.0 Å². The number of rotatable bonds is 4. The van der Waals surface area contributed by atoms with Gasteiger partial charge in [0.05, 0.1) is 12.2 Å². The Hall–Kier alpha value is -2.43. The van der Waals surface area contributed by atoms with Gasteiger partial charge in [0.2, 0.25) is 5.95 Å². The lowest BCUT2D eigenvalue weighted by Crippen LogP contribution is -2.06. The highest BCUT2D eigenvalue weighted by Crippen LogP contribution is 2.20. The van der Waals surface area contributed by atoms with Crippen LogP contribution in [0, 0.1) is 13.8 Å². The Labute approximate surface area is 118 Å². The first-order valence-electron chi connectivity index (χ1n) is 6.44. The van der Waals surface area contributed by atoms with E-state index in [0.717, 1.165) is 16.9 Å². The molecule has 104 valence electrons. The molecule has 0 amide bonds. The molecule has 0 spiro atoms. The molecule has 0 fully saturated rings. The fraction of sp³-hybridized carbons (Fsp3) is 0.267.